The second-order valence-corrected chi connectivity index (χ2v) is 9.50. The second kappa shape index (κ2) is 8.24. The predicted molar refractivity (Wildman–Crippen MR) is 122 cm³/mol. The minimum absolute atomic E-state index is 0.116. The maximum absolute atomic E-state index is 14.1. The highest BCUT2D eigenvalue weighted by molar-refractivity contribution is 7.96. The van der Waals surface area contributed by atoms with Gasteiger partial charge in [-0.25, -0.2) is 12.8 Å². The van der Waals surface area contributed by atoms with Crippen LogP contribution in [-0.2, 0) is 9.84 Å². The molecule has 0 aliphatic carbocycles. The van der Waals surface area contributed by atoms with Crippen LogP contribution in [0.2, 0.25) is 0 Å². The highest BCUT2D eigenvalue weighted by Gasteiger charge is 2.36. The van der Waals surface area contributed by atoms with Crippen molar-refractivity contribution in [3.63, 3.8) is 0 Å². The zero-order chi connectivity index (χ0) is 23.0. The number of sulfone groups is 1. The fourth-order valence-corrected chi connectivity index (χ4v) is 5.30. The number of hydrogen-bond acceptors (Lipinski definition) is 5. The molecule has 1 aliphatic heterocycles. The number of ether oxygens (including phenoxy) is 1. The molecule has 7 heteroatoms. The highest BCUT2D eigenvalue weighted by Crippen LogP contribution is 2.41. The Bertz CT molecular complexity index is 1320. The van der Waals surface area contributed by atoms with Gasteiger partial charge in [0.25, 0.3) is 0 Å². The zero-order valence-electron chi connectivity index (χ0n) is 17.9. The number of hydrogen-bond donors (Lipinski definition) is 0. The summed E-state index contributed by atoms with van der Waals surface area (Å²) in [5.74, 6) is -0.623. The SMILES string of the molecule is CCOc1ccc(C(=O)C2=CN(c3cc(C)cc(C)c3)c3cc(F)ccc3S2(=O)=O)cc1. The summed E-state index contributed by atoms with van der Waals surface area (Å²) >= 11 is 0. The number of ketones is 1. The van der Waals surface area contributed by atoms with Gasteiger partial charge in [0.1, 0.15) is 16.5 Å². The molecule has 3 aromatic rings. The molecule has 0 atom stereocenters. The van der Waals surface area contributed by atoms with E-state index in [2.05, 4.69) is 0 Å². The average Bonchev–Trinajstić information content (AvgIpc) is 2.73. The average molecular weight is 452 g/mol. The van der Waals surface area contributed by atoms with Gasteiger partial charge in [0.15, 0.2) is 0 Å². The van der Waals surface area contributed by atoms with E-state index in [0.717, 1.165) is 17.2 Å². The van der Waals surface area contributed by atoms with Crippen LogP contribution in [0.4, 0.5) is 15.8 Å². The van der Waals surface area contributed by atoms with Gasteiger partial charge < -0.3 is 9.64 Å². The molecule has 0 fully saturated rings. The molecule has 0 radical (unpaired) electrons. The monoisotopic (exact) mass is 451 g/mol. The van der Waals surface area contributed by atoms with Gasteiger partial charge in [-0.3, -0.25) is 4.79 Å². The Morgan fingerprint density at radius 2 is 1.62 bits per heavy atom. The molecular weight excluding hydrogens is 429 g/mol. The molecule has 3 aromatic carbocycles. The minimum atomic E-state index is -4.16. The maximum Gasteiger partial charge on any atom is 0.214 e. The van der Waals surface area contributed by atoms with E-state index in [-0.39, 0.29) is 21.1 Å². The number of fused-ring (bicyclic) bond motifs is 1. The summed E-state index contributed by atoms with van der Waals surface area (Å²) in [6, 6.07) is 15.5. The third kappa shape index (κ3) is 3.91. The van der Waals surface area contributed by atoms with Crippen LogP contribution in [0.15, 0.2) is 76.7 Å². The van der Waals surface area contributed by atoms with Crippen molar-refractivity contribution in [1.82, 2.24) is 0 Å². The lowest BCUT2D eigenvalue weighted by Gasteiger charge is -2.29. The Balaban J connectivity index is 1.88. The van der Waals surface area contributed by atoms with Gasteiger partial charge >= 0.3 is 0 Å². The molecule has 0 saturated carbocycles. The molecule has 4 rings (SSSR count). The van der Waals surface area contributed by atoms with Crippen LogP contribution in [0.3, 0.4) is 0 Å². The first-order valence-electron chi connectivity index (χ1n) is 10.1. The van der Waals surface area contributed by atoms with E-state index in [9.17, 15) is 17.6 Å². The minimum Gasteiger partial charge on any atom is -0.494 e. The first-order valence-corrected chi connectivity index (χ1v) is 11.6. The number of halogens is 1. The molecule has 1 aliphatic rings. The summed E-state index contributed by atoms with van der Waals surface area (Å²) in [5, 5.41) is 0. The molecule has 1 heterocycles. The molecule has 0 amide bonds. The van der Waals surface area contributed by atoms with Gasteiger partial charge in [0.05, 0.1) is 17.2 Å². The Kier molecular flexibility index (Phi) is 5.60. The quantitative estimate of drug-likeness (QED) is 0.379. The van der Waals surface area contributed by atoms with Gasteiger partial charge in [0, 0.05) is 17.5 Å². The molecule has 0 N–H and O–H groups in total. The summed E-state index contributed by atoms with van der Waals surface area (Å²) < 4.78 is 46.2. The van der Waals surface area contributed by atoms with E-state index in [1.165, 1.54) is 30.5 Å². The number of Topliss-reactive ketones (excluding diaryl/α,β-unsaturated/α-hetero) is 1. The lowest BCUT2D eigenvalue weighted by atomic mass is 10.1. The van der Waals surface area contributed by atoms with Crippen molar-refractivity contribution in [2.75, 3.05) is 11.5 Å². The van der Waals surface area contributed by atoms with Crippen molar-refractivity contribution < 1.29 is 22.3 Å². The van der Waals surface area contributed by atoms with Crippen molar-refractivity contribution in [3.8, 4) is 5.75 Å². The Labute approximate surface area is 186 Å². The standard InChI is InChI=1S/C25H22FNO4S/c1-4-31-21-8-5-18(6-9-21)25(28)24-15-27(20-12-16(2)11-17(3)13-20)22-14-19(26)7-10-23(22)32(24,29)30/h5-15H,4H2,1-3H3. The van der Waals surface area contributed by atoms with E-state index in [1.807, 2.05) is 39.0 Å². The lowest BCUT2D eigenvalue weighted by molar-refractivity contribution is 0.104. The molecule has 164 valence electrons. The molecule has 0 spiro atoms. The maximum atomic E-state index is 14.1. The Hall–Kier alpha value is -3.45. The summed E-state index contributed by atoms with van der Waals surface area (Å²) in [4.78, 5) is 14.3. The molecular formula is C25H22FNO4S. The smallest absolute Gasteiger partial charge is 0.214 e. The van der Waals surface area contributed by atoms with Crippen molar-refractivity contribution in [2.45, 2.75) is 25.7 Å². The Morgan fingerprint density at radius 1 is 0.969 bits per heavy atom. The number of rotatable bonds is 5. The van der Waals surface area contributed by atoms with E-state index >= 15 is 0 Å². The van der Waals surface area contributed by atoms with E-state index in [0.29, 0.717) is 18.0 Å². The van der Waals surface area contributed by atoms with Crippen LogP contribution in [0.25, 0.3) is 0 Å². The lowest BCUT2D eigenvalue weighted by Crippen LogP contribution is -2.26. The summed E-state index contributed by atoms with van der Waals surface area (Å²) in [6.07, 6.45) is 1.28. The van der Waals surface area contributed by atoms with Crippen molar-refractivity contribution in [2.24, 2.45) is 0 Å². The molecule has 0 bridgehead atoms. The molecule has 0 saturated heterocycles. The summed E-state index contributed by atoms with van der Waals surface area (Å²) in [7, 11) is -4.16. The predicted octanol–water partition coefficient (Wildman–Crippen LogP) is 5.49. The fourth-order valence-electron chi connectivity index (χ4n) is 3.78. The van der Waals surface area contributed by atoms with Gasteiger partial charge in [0.2, 0.25) is 15.6 Å². The van der Waals surface area contributed by atoms with Crippen LogP contribution < -0.4 is 9.64 Å². The van der Waals surface area contributed by atoms with Crippen molar-refractivity contribution in [1.29, 1.82) is 0 Å². The zero-order valence-corrected chi connectivity index (χ0v) is 18.7. The molecule has 0 aromatic heterocycles. The van der Waals surface area contributed by atoms with Crippen LogP contribution in [0.5, 0.6) is 5.75 Å². The number of anilines is 2. The first kappa shape index (κ1) is 21.8. The van der Waals surface area contributed by atoms with Crippen molar-refractivity contribution in [3.05, 3.63) is 94.3 Å². The number of carbonyl (C=O) groups excluding carboxylic acids is 1. The number of nitrogens with zero attached hydrogens (tertiary/aromatic N) is 1. The van der Waals surface area contributed by atoms with Gasteiger partial charge in [-0.05, 0) is 86.5 Å². The summed E-state index contributed by atoms with van der Waals surface area (Å²) in [6.45, 7) is 6.16. The number of allylic oxidation sites excluding steroid dienone is 1. The summed E-state index contributed by atoms with van der Waals surface area (Å²) in [5.41, 5.74) is 2.94. The normalized spacial score (nSPS) is 14.5. The van der Waals surface area contributed by atoms with Gasteiger partial charge in [-0.15, -0.1) is 0 Å². The van der Waals surface area contributed by atoms with Gasteiger partial charge in [-0.1, -0.05) is 6.07 Å². The van der Waals surface area contributed by atoms with Crippen LogP contribution >= 0.6 is 0 Å². The van der Waals surface area contributed by atoms with Crippen LogP contribution in [-0.4, -0.2) is 20.8 Å². The third-order valence-electron chi connectivity index (χ3n) is 5.14. The number of benzene rings is 3. The number of aryl methyl sites for hydroxylation is 2. The highest BCUT2D eigenvalue weighted by atomic mass is 32.2. The van der Waals surface area contributed by atoms with E-state index in [4.69, 9.17) is 4.74 Å². The first-order chi connectivity index (χ1) is 15.2. The molecule has 5 nitrogen and oxygen atoms in total. The molecule has 0 unspecified atom stereocenters. The second-order valence-electron chi connectivity index (χ2n) is 7.61. The van der Waals surface area contributed by atoms with Gasteiger partial charge in [-0.2, -0.15) is 0 Å². The Morgan fingerprint density at radius 3 is 2.25 bits per heavy atom. The van der Waals surface area contributed by atoms with Crippen LogP contribution in [0.1, 0.15) is 28.4 Å². The largest absolute Gasteiger partial charge is 0.494 e. The van der Waals surface area contributed by atoms with E-state index in [1.54, 1.807) is 17.0 Å². The topological polar surface area (TPSA) is 63.7 Å². The van der Waals surface area contributed by atoms with E-state index < -0.39 is 21.4 Å². The van der Waals surface area contributed by atoms with Crippen molar-refractivity contribution >= 4 is 27.0 Å². The third-order valence-corrected chi connectivity index (χ3v) is 6.94. The molecule has 32 heavy (non-hydrogen) atoms. The van der Waals surface area contributed by atoms with Crippen LogP contribution in [0, 0.1) is 19.7 Å². The number of carbonyl (C=O) groups is 1. The fraction of sp³-hybridized carbons (Fsp3) is 0.160.